The highest BCUT2D eigenvalue weighted by Crippen LogP contribution is 2.39. The SMILES string of the molecule is CN(C)C(=O)Sc1ccc(NC(=O)CN2C(=O)N(C)C3(CCCCC3)C2=O)cc1. The van der Waals surface area contributed by atoms with Crippen LogP contribution in [0.4, 0.5) is 15.3 Å². The fraction of sp³-hybridized carbons (Fsp3) is 0.500. The number of nitrogens with one attached hydrogen (secondary N) is 1. The van der Waals surface area contributed by atoms with Crippen molar-refractivity contribution >= 4 is 40.5 Å². The Morgan fingerprint density at radius 3 is 2.31 bits per heavy atom. The molecule has 156 valence electrons. The van der Waals surface area contributed by atoms with Crippen molar-refractivity contribution in [1.29, 1.82) is 0 Å². The fourth-order valence-electron chi connectivity index (χ4n) is 3.81. The minimum absolute atomic E-state index is 0.0893. The van der Waals surface area contributed by atoms with Crippen molar-refractivity contribution in [2.45, 2.75) is 42.5 Å². The number of nitrogens with zero attached hydrogens (tertiary/aromatic N) is 3. The van der Waals surface area contributed by atoms with Gasteiger partial charge in [-0.2, -0.15) is 0 Å². The molecule has 8 nitrogen and oxygen atoms in total. The van der Waals surface area contributed by atoms with E-state index in [1.165, 1.54) is 9.80 Å². The molecule has 1 heterocycles. The van der Waals surface area contributed by atoms with E-state index in [0.29, 0.717) is 18.5 Å². The summed E-state index contributed by atoms with van der Waals surface area (Å²) < 4.78 is 0. The lowest BCUT2D eigenvalue weighted by atomic mass is 9.81. The Bertz CT molecular complexity index is 818. The quantitative estimate of drug-likeness (QED) is 0.600. The predicted molar refractivity (Wildman–Crippen MR) is 111 cm³/mol. The molecule has 0 unspecified atom stereocenters. The normalized spacial score (nSPS) is 18.3. The molecule has 2 aliphatic rings. The van der Waals surface area contributed by atoms with Crippen LogP contribution in [0.15, 0.2) is 29.2 Å². The minimum Gasteiger partial charge on any atom is -0.339 e. The van der Waals surface area contributed by atoms with Gasteiger partial charge in [-0.1, -0.05) is 19.3 Å². The number of amides is 5. The van der Waals surface area contributed by atoms with Crippen molar-refractivity contribution in [3.63, 3.8) is 0 Å². The molecule has 0 aromatic heterocycles. The average Bonchev–Trinajstić information content (AvgIpc) is 2.86. The summed E-state index contributed by atoms with van der Waals surface area (Å²) in [6.45, 7) is -0.306. The van der Waals surface area contributed by atoms with Crippen molar-refractivity contribution in [2.24, 2.45) is 0 Å². The van der Waals surface area contributed by atoms with Gasteiger partial charge in [0.1, 0.15) is 12.1 Å². The number of carbonyl (C=O) groups excluding carboxylic acids is 4. The molecule has 1 aliphatic heterocycles. The van der Waals surface area contributed by atoms with Crippen LogP contribution in [-0.2, 0) is 9.59 Å². The summed E-state index contributed by atoms with van der Waals surface area (Å²) in [6.07, 6.45) is 4.17. The van der Waals surface area contributed by atoms with Crippen LogP contribution < -0.4 is 5.32 Å². The second-order valence-electron chi connectivity index (χ2n) is 7.66. The largest absolute Gasteiger partial charge is 0.339 e. The molecule has 1 aromatic carbocycles. The lowest BCUT2D eigenvalue weighted by Crippen LogP contribution is -2.49. The summed E-state index contributed by atoms with van der Waals surface area (Å²) >= 11 is 1.09. The number of rotatable bonds is 4. The van der Waals surface area contributed by atoms with Crippen LogP contribution in [-0.4, -0.2) is 71.0 Å². The standard InChI is InChI=1S/C20H26N4O4S/c1-22(2)19(28)29-15-9-7-14(8-10-15)21-16(25)13-24-17(26)20(23(3)18(24)27)11-5-4-6-12-20/h7-10H,4-6,11-13H2,1-3H3,(H,21,25). The van der Waals surface area contributed by atoms with Gasteiger partial charge in [0.15, 0.2) is 0 Å². The summed E-state index contributed by atoms with van der Waals surface area (Å²) in [4.78, 5) is 54.5. The molecule has 1 N–H and O–H groups in total. The van der Waals surface area contributed by atoms with Gasteiger partial charge < -0.3 is 15.1 Å². The topological polar surface area (TPSA) is 90.0 Å². The van der Waals surface area contributed by atoms with Gasteiger partial charge in [-0.15, -0.1) is 0 Å². The predicted octanol–water partition coefficient (Wildman–Crippen LogP) is 3.00. The third kappa shape index (κ3) is 4.24. The Hall–Kier alpha value is -2.55. The number of carbonyl (C=O) groups is 4. The van der Waals surface area contributed by atoms with Crippen LogP contribution in [0.1, 0.15) is 32.1 Å². The molecule has 1 aromatic rings. The maximum atomic E-state index is 12.9. The van der Waals surface area contributed by atoms with Gasteiger partial charge >= 0.3 is 6.03 Å². The van der Waals surface area contributed by atoms with Gasteiger partial charge in [-0.05, 0) is 48.9 Å². The van der Waals surface area contributed by atoms with Crippen LogP contribution in [0.5, 0.6) is 0 Å². The number of urea groups is 1. The average molecular weight is 419 g/mol. The van der Waals surface area contributed by atoms with Crippen molar-refractivity contribution in [2.75, 3.05) is 33.0 Å². The van der Waals surface area contributed by atoms with Gasteiger partial charge in [0.2, 0.25) is 5.91 Å². The Balaban J connectivity index is 1.61. The molecule has 0 atom stereocenters. The van der Waals surface area contributed by atoms with E-state index >= 15 is 0 Å². The summed E-state index contributed by atoms with van der Waals surface area (Å²) in [5.74, 6) is -0.702. The first-order chi connectivity index (χ1) is 13.7. The Labute approximate surface area is 174 Å². The van der Waals surface area contributed by atoms with E-state index < -0.39 is 17.5 Å². The van der Waals surface area contributed by atoms with Gasteiger partial charge in [0.25, 0.3) is 11.1 Å². The molecule has 1 saturated carbocycles. The van der Waals surface area contributed by atoms with Gasteiger partial charge in [-0.3, -0.25) is 19.3 Å². The lowest BCUT2D eigenvalue weighted by molar-refractivity contribution is -0.136. The summed E-state index contributed by atoms with van der Waals surface area (Å²) in [6, 6.07) is 6.43. The van der Waals surface area contributed by atoms with Crippen molar-refractivity contribution < 1.29 is 19.2 Å². The first-order valence-electron chi connectivity index (χ1n) is 9.63. The number of thioether (sulfide) groups is 1. The van der Waals surface area contributed by atoms with E-state index in [-0.39, 0.29) is 17.7 Å². The number of hydrogen-bond donors (Lipinski definition) is 1. The molecule has 5 amide bonds. The molecule has 1 saturated heterocycles. The van der Waals surface area contributed by atoms with Gasteiger partial charge in [0.05, 0.1) is 0 Å². The first kappa shape index (κ1) is 21.2. The minimum atomic E-state index is -0.784. The highest BCUT2D eigenvalue weighted by Gasteiger charge is 2.55. The molecular formula is C20H26N4O4S. The summed E-state index contributed by atoms with van der Waals surface area (Å²) in [5.41, 5.74) is -0.246. The third-order valence-corrected chi connectivity index (χ3v) is 6.54. The monoisotopic (exact) mass is 418 g/mol. The number of benzene rings is 1. The zero-order valence-corrected chi connectivity index (χ0v) is 17.8. The molecule has 0 bridgehead atoms. The lowest BCUT2D eigenvalue weighted by Gasteiger charge is -2.35. The Kier molecular flexibility index (Phi) is 6.16. The zero-order chi connectivity index (χ0) is 21.2. The van der Waals surface area contributed by atoms with Crippen LogP contribution in [0.25, 0.3) is 0 Å². The molecule has 0 radical (unpaired) electrons. The van der Waals surface area contributed by atoms with Crippen LogP contribution in [0.2, 0.25) is 0 Å². The van der Waals surface area contributed by atoms with Crippen molar-refractivity contribution in [1.82, 2.24) is 14.7 Å². The Morgan fingerprint density at radius 2 is 1.72 bits per heavy atom. The van der Waals surface area contributed by atoms with Crippen molar-refractivity contribution in [3.8, 4) is 0 Å². The van der Waals surface area contributed by atoms with Crippen LogP contribution in [0.3, 0.4) is 0 Å². The van der Waals surface area contributed by atoms with Crippen LogP contribution >= 0.6 is 11.8 Å². The van der Waals surface area contributed by atoms with Crippen LogP contribution in [0, 0.1) is 0 Å². The number of likely N-dealkylation sites (N-methyl/N-ethyl adjacent to an activating group) is 1. The molecule has 9 heteroatoms. The first-order valence-corrected chi connectivity index (χ1v) is 10.4. The van der Waals surface area contributed by atoms with E-state index in [9.17, 15) is 19.2 Å². The molecule has 3 rings (SSSR count). The van der Waals surface area contributed by atoms with E-state index in [1.54, 1.807) is 45.4 Å². The summed E-state index contributed by atoms with van der Waals surface area (Å²) in [5, 5.41) is 2.62. The van der Waals surface area contributed by atoms with E-state index in [0.717, 1.165) is 40.8 Å². The second-order valence-corrected chi connectivity index (χ2v) is 8.68. The van der Waals surface area contributed by atoms with E-state index in [4.69, 9.17) is 0 Å². The molecule has 2 fully saturated rings. The second kappa shape index (κ2) is 8.44. The summed E-state index contributed by atoms with van der Waals surface area (Å²) in [7, 11) is 5.01. The molecule has 29 heavy (non-hydrogen) atoms. The Morgan fingerprint density at radius 1 is 1.10 bits per heavy atom. The molecule has 1 spiro atoms. The fourth-order valence-corrected chi connectivity index (χ4v) is 4.47. The highest BCUT2D eigenvalue weighted by atomic mass is 32.2. The third-order valence-electron chi connectivity index (χ3n) is 5.49. The molecule has 1 aliphatic carbocycles. The number of imide groups is 1. The molecular weight excluding hydrogens is 392 g/mol. The maximum absolute atomic E-state index is 12.9. The smallest absolute Gasteiger partial charge is 0.327 e. The van der Waals surface area contributed by atoms with E-state index in [2.05, 4.69) is 5.32 Å². The van der Waals surface area contributed by atoms with E-state index in [1.807, 2.05) is 0 Å². The zero-order valence-electron chi connectivity index (χ0n) is 16.9. The number of hydrogen-bond acceptors (Lipinski definition) is 5. The maximum Gasteiger partial charge on any atom is 0.327 e. The van der Waals surface area contributed by atoms with Gasteiger partial charge in [0, 0.05) is 31.7 Å². The number of anilines is 1. The highest BCUT2D eigenvalue weighted by molar-refractivity contribution is 8.13. The van der Waals surface area contributed by atoms with Crippen molar-refractivity contribution in [3.05, 3.63) is 24.3 Å². The van der Waals surface area contributed by atoms with Gasteiger partial charge in [-0.25, -0.2) is 4.79 Å².